The number of aliphatic hydroxyl groups excluding tert-OH is 1. The summed E-state index contributed by atoms with van der Waals surface area (Å²) in [6.45, 7) is 2.13. The number of sulfonamides is 1. The molecule has 2 rings (SSSR count). The summed E-state index contributed by atoms with van der Waals surface area (Å²) < 4.78 is 40.4. The van der Waals surface area contributed by atoms with Gasteiger partial charge in [0.15, 0.2) is 0 Å². The minimum Gasteiger partial charge on any atom is -0.393 e. The maximum Gasteiger partial charge on any atom is 0.243 e. The molecule has 1 heterocycles. The Kier molecular flexibility index (Phi) is 4.62. The van der Waals surface area contributed by atoms with E-state index in [0.717, 1.165) is 6.07 Å². The van der Waals surface area contributed by atoms with Crippen molar-refractivity contribution in [3.05, 3.63) is 29.6 Å². The summed E-state index contributed by atoms with van der Waals surface area (Å²) in [5.41, 5.74) is 5.20. The fourth-order valence-corrected chi connectivity index (χ4v) is 4.45. The molecule has 0 bridgehead atoms. The standard InChI is InChI=1S/C13H17FN2O3S2/c1-8-7-16(6-5-10(8)17)21(18,19)11-4-2-3-9(14)12(11)13(15)20/h2-4,8,10,17H,5-7H2,1H3,(H2,15,20). The van der Waals surface area contributed by atoms with Crippen molar-refractivity contribution in [2.24, 2.45) is 11.7 Å². The van der Waals surface area contributed by atoms with Crippen LogP contribution in [0.5, 0.6) is 0 Å². The molecule has 1 aliphatic rings. The Hall–Kier alpha value is -1.09. The molecule has 0 aliphatic carbocycles. The smallest absolute Gasteiger partial charge is 0.243 e. The summed E-state index contributed by atoms with van der Waals surface area (Å²) in [5.74, 6) is -0.941. The van der Waals surface area contributed by atoms with Crippen molar-refractivity contribution in [1.29, 1.82) is 0 Å². The number of rotatable bonds is 3. The maximum absolute atomic E-state index is 13.8. The number of halogens is 1. The first-order valence-electron chi connectivity index (χ1n) is 6.51. The predicted molar refractivity (Wildman–Crippen MR) is 80.8 cm³/mol. The molecule has 2 unspecified atom stereocenters. The van der Waals surface area contributed by atoms with Gasteiger partial charge in [0.1, 0.15) is 10.8 Å². The summed E-state index contributed by atoms with van der Waals surface area (Å²) in [6, 6.07) is 3.73. The zero-order chi connectivity index (χ0) is 15.8. The highest BCUT2D eigenvalue weighted by Gasteiger charge is 2.34. The third-order valence-electron chi connectivity index (χ3n) is 3.66. The van der Waals surface area contributed by atoms with Crippen molar-refractivity contribution in [3.8, 4) is 0 Å². The van der Waals surface area contributed by atoms with E-state index in [1.165, 1.54) is 16.4 Å². The van der Waals surface area contributed by atoms with Crippen LogP contribution in [-0.2, 0) is 10.0 Å². The second-order valence-corrected chi connectivity index (χ2v) is 7.52. The number of benzene rings is 1. The second kappa shape index (κ2) is 5.96. The van der Waals surface area contributed by atoms with Crippen LogP contribution < -0.4 is 5.73 Å². The predicted octanol–water partition coefficient (Wildman–Crippen LogP) is 0.851. The summed E-state index contributed by atoms with van der Waals surface area (Å²) in [7, 11) is -3.90. The zero-order valence-corrected chi connectivity index (χ0v) is 13.1. The highest BCUT2D eigenvalue weighted by atomic mass is 32.2. The molecular formula is C13H17FN2O3S2. The summed E-state index contributed by atoms with van der Waals surface area (Å²) in [5, 5.41) is 9.70. The Morgan fingerprint density at radius 2 is 2.19 bits per heavy atom. The quantitative estimate of drug-likeness (QED) is 0.802. The summed E-state index contributed by atoms with van der Waals surface area (Å²) >= 11 is 4.76. The number of piperidine rings is 1. The monoisotopic (exact) mass is 332 g/mol. The van der Waals surface area contributed by atoms with Crippen LogP contribution in [-0.4, -0.2) is 42.0 Å². The van der Waals surface area contributed by atoms with Crippen LogP contribution in [0.3, 0.4) is 0 Å². The average molecular weight is 332 g/mol. The van der Waals surface area contributed by atoms with E-state index in [2.05, 4.69) is 0 Å². The largest absolute Gasteiger partial charge is 0.393 e. The van der Waals surface area contributed by atoms with Crippen LogP contribution in [0.2, 0.25) is 0 Å². The molecule has 1 aromatic carbocycles. The Labute approximate surface area is 128 Å². The number of nitrogens with two attached hydrogens (primary N) is 1. The van der Waals surface area contributed by atoms with Gasteiger partial charge in [-0.2, -0.15) is 4.31 Å². The first-order chi connectivity index (χ1) is 9.75. The van der Waals surface area contributed by atoms with E-state index in [0.29, 0.717) is 6.42 Å². The van der Waals surface area contributed by atoms with Crippen LogP contribution >= 0.6 is 12.2 Å². The molecule has 8 heteroatoms. The molecule has 116 valence electrons. The number of thiocarbonyl (C=S) groups is 1. The van der Waals surface area contributed by atoms with Gasteiger partial charge in [-0.3, -0.25) is 0 Å². The van der Waals surface area contributed by atoms with Gasteiger partial charge in [0.2, 0.25) is 10.0 Å². The highest BCUT2D eigenvalue weighted by Crippen LogP contribution is 2.27. The van der Waals surface area contributed by atoms with Crippen molar-refractivity contribution >= 4 is 27.2 Å². The van der Waals surface area contributed by atoms with Crippen LogP contribution in [0.1, 0.15) is 18.9 Å². The lowest BCUT2D eigenvalue weighted by Crippen LogP contribution is -2.45. The van der Waals surface area contributed by atoms with Crippen LogP contribution in [0.25, 0.3) is 0 Å². The van der Waals surface area contributed by atoms with Crippen molar-refractivity contribution in [2.75, 3.05) is 13.1 Å². The van der Waals surface area contributed by atoms with Crippen LogP contribution in [0.4, 0.5) is 4.39 Å². The normalized spacial score (nSPS) is 24.0. The van der Waals surface area contributed by atoms with Crippen molar-refractivity contribution in [1.82, 2.24) is 4.31 Å². The molecule has 1 aliphatic heterocycles. The maximum atomic E-state index is 13.8. The van der Waals surface area contributed by atoms with Gasteiger partial charge in [-0.1, -0.05) is 25.2 Å². The van der Waals surface area contributed by atoms with Gasteiger partial charge >= 0.3 is 0 Å². The van der Waals surface area contributed by atoms with Gasteiger partial charge < -0.3 is 10.8 Å². The summed E-state index contributed by atoms with van der Waals surface area (Å²) in [4.78, 5) is -0.518. The molecule has 5 nitrogen and oxygen atoms in total. The highest BCUT2D eigenvalue weighted by molar-refractivity contribution is 7.89. The van der Waals surface area contributed by atoms with E-state index < -0.39 is 21.9 Å². The molecule has 0 aromatic heterocycles. The lowest BCUT2D eigenvalue weighted by Gasteiger charge is -2.33. The molecule has 1 aromatic rings. The van der Waals surface area contributed by atoms with E-state index >= 15 is 0 Å². The first-order valence-corrected chi connectivity index (χ1v) is 8.36. The molecule has 3 N–H and O–H groups in total. The molecule has 0 spiro atoms. The van der Waals surface area contributed by atoms with Gasteiger partial charge in [-0.15, -0.1) is 0 Å². The van der Waals surface area contributed by atoms with Gasteiger partial charge in [0.25, 0.3) is 0 Å². The molecular weight excluding hydrogens is 315 g/mol. The first kappa shape index (κ1) is 16.3. The Morgan fingerprint density at radius 3 is 2.76 bits per heavy atom. The molecule has 2 atom stereocenters. The van der Waals surface area contributed by atoms with E-state index in [1.807, 2.05) is 0 Å². The molecule has 1 fully saturated rings. The third kappa shape index (κ3) is 3.08. The van der Waals surface area contributed by atoms with Gasteiger partial charge in [0, 0.05) is 13.1 Å². The fourth-order valence-electron chi connectivity index (χ4n) is 2.41. The van der Waals surface area contributed by atoms with Crippen molar-refractivity contribution < 1.29 is 17.9 Å². The van der Waals surface area contributed by atoms with Crippen molar-refractivity contribution in [3.63, 3.8) is 0 Å². The van der Waals surface area contributed by atoms with E-state index in [1.54, 1.807) is 6.92 Å². The minimum atomic E-state index is -3.90. The Bertz CT molecular complexity index is 663. The average Bonchev–Trinajstić information content (AvgIpc) is 2.41. The van der Waals surface area contributed by atoms with Gasteiger partial charge in [-0.25, -0.2) is 12.8 Å². The SMILES string of the molecule is CC1CN(S(=O)(=O)c2cccc(F)c2C(N)=S)CCC1O. The van der Waals surface area contributed by atoms with Crippen LogP contribution in [0, 0.1) is 11.7 Å². The fraction of sp³-hybridized carbons (Fsp3) is 0.462. The van der Waals surface area contributed by atoms with E-state index in [9.17, 15) is 17.9 Å². The zero-order valence-electron chi connectivity index (χ0n) is 11.5. The molecule has 21 heavy (non-hydrogen) atoms. The van der Waals surface area contributed by atoms with E-state index in [-0.39, 0.29) is 34.5 Å². The van der Waals surface area contributed by atoms with E-state index in [4.69, 9.17) is 18.0 Å². The molecule has 1 saturated heterocycles. The topological polar surface area (TPSA) is 83.6 Å². The van der Waals surface area contributed by atoms with Crippen LogP contribution in [0.15, 0.2) is 23.1 Å². The second-order valence-electron chi connectivity index (χ2n) is 5.17. The lowest BCUT2D eigenvalue weighted by molar-refractivity contribution is 0.0628. The number of nitrogens with zero attached hydrogens (tertiary/aromatic N) is 1. The minimum absolute atomic E-state index is 0.177. The number of hydrogen-bond donors (Lipinski definition) is 2. The Balaban J connectivity index is 2.46. The molecule has 0 radical (unpaired) electrons. The number of aliphatic hydroxyl groups is 1. The molecule has 0 saturated carbocycles. The van der Waals surface area contributed by atoms with Gasteiger partial charge in [-0.05, 0) is 24.5 Å². The lowest BCUT2D eigenvalue weighted by atomic mass is 9.99. The van der Waals surface area contributed by atoms with Crippen molar-refractivity contribution in [2.45, 2.75) is 24.3 Å². The third-order valence-corrected chi connectivity index (χ3v) is 5.77. The molecule has 0 amide bonds. The number of hydrogen-bond acceptors (Lipinski definition) is 4. The Morgan fingerprint density at radius 1 is 1.52 bits per heavy atom. The van der Waals surface area contributed by atoms with Gasteiger partial charge in [0.05, 0.1) is 16.6 Å². The summed E-state index contributed by atoms with van der Waals surface area (Å²) in [6.07, 6.45) is -0.183.